The molecule has 1 aliphatic carbocycles. The van der Waals surface area contributed by atoms with Crippen molar-refractivity contribution in [1.29, 1.82) is 0 Å². The summed E-state index contributed by atoms with van der Waals surface area (Å²) in [6, 6.07) is 0. The standard InChI is InChI=1S/C9H11BrN2O/c10-8-4-12-5-9(7(8)3-11)13-6-1-2-6/h4-6H,1-3,11H2. The Labute approximate surface area is 85.4 Å². The Kier molecular flexibility index (Phi) is 2.51. The number of rotatable bonds is 3. The van der Waals surface area contributed by atoms with Gasteiger partial charge in [0.2, 0.25) is 0 Å². The minimum absolute atomic E-state index is 0.390. The van der Waals surface area contributed by atoms with E-state index in [1.54, 1.807) is 12.4 Å². The van der Waals surface area contributed by atoms with Gasteiger partial charge in [-0.15, -0.1) is 0 Å². The molecule has 2 N–H and O–H groups in total. The Morgan fingerprint density at radius 2 is 2.31 bits per heavy atom. The summed E-state index contributed by atoms with van der Waals surface area (Å²) in [5, 5.41) is 0. The lowest BCUT2D eigenvalue weighted by Crippen LogP contribution is -2.05. The van der Waals surface area contributed by atoms with E-state index in [-0.39, 0.29) is 0 Å². The molecule has 0 atom stereocenters. The zero-order valence-corrected chi connectivity index (χ0v) is 8.75. The van der Waals surface area contributed by atoms with Crippen LogP contribution in [0.4, 0.5) is 0 Å². The molecule has 70 valence electrons. The predicted octanol–water partition coefficient (Wildman–Crippen LogP) is 1.84. The Bertz CT molecular complexity index is 312. The van der Waals surface area contributed by atoms with Crippen molar-refractivity contribution in [3.8, 4) is 5.75 Å². The van der Waals surface area contributed by atoms with Gasteiger partial charge in [-0.2, -0.15) is 0 Å². The van der Waals surface area contributed by atoms with Crippen LogP contribution in [-0.4, -0.2) is 11.1 Å². The molecule has 1 fully saturated rings. The van der Waals surface area contributed by atoms with Crippen LogP contribution in [0, 0.1) is 0 Å². The van der Waals surface area contributed by atoms with Crippen molar-refractivity contribution in [3.63, 3.8) is 0 Å². The SMILES string of the molecule is NCc1c(Br)cncc1OC1CC1. The van der Waals surface area contributed by atoms with Gasteiger partial charge < -0.3 is 10.5 Å². The van der Waals surface area contributed by atoms with Gasteiger partial charge in [0.05, 0.1) is 12.3 Å². The molecule has 2 rings (SSSR count). The van der Waals surface area contributed by atoms with Crippen molar-refractivity contribution in [1.82, 2.24) is 4.98 Å². The lowest BCUT2D eigenvalue weighted by atomic mass is 10.2. The summed E-state index contributed by atoms with van der Waals surface area (Å²) in [6.45, 7) is 0.477. The number of pyridine rings is 1. The van der Waals surface area contributed by atoms with Crippen molar-refractivity contribution in [2.24, 2.45) is 5.73 Å². The topological polar surface area (TPSA) is 48.1 Å². The lowest BCUT2D eigenvalue weighted by molar-refractivity contribution is 0.298. The highest BCUT2D eigenvalue weighted by Gasteiger charge is 2.24. The van der Waals surface area contributed by atoms with Crippen LogP contribution in [0.3, 0.4) is 0 Å². The van der Waals surface area contributed by atoms with Gasteiger partial charge in [-0.1, -0.05) is 0 Å². The maximum absolute atomic E-state index is 5.66. The minimum Gasteiger partial charge on any atom is -0.488 e. The van der Waals surface area contributed by atoms with Gasteiger partial charge in [0.15, 0.2) is 0 Å². The highest BCUT2D eigenvalue weighted by atomic mass is 79.9. The molecule has 0 amide bonds. The maximum Gasteiger partial charge on any atom is 0.143 e. The van der Waals surface area contributed by atoms with Gasteiger partial charge in [0.25, 0.3) is 0 Å². The smallest absolute Gasteiger partial charge is 0.143 e. The number of hydrogen-bond donors (Lipinski definition) is 1. The Hall–Kier alpha value is -0.610. The van der Waals surface area contributed by atoms with Crippen molar-refractivity contribution < 1.29 is 4.74 Å². The zero-order chi connectivity index (χ0) is 9.26. The molecule has 3 nitrogen and oxygen atoms in total. The van der Waals surface area contributed by atoms with Crippen molar-refractivity contribution in [2.45, 2.75) is 25.5 Å². The molecule has 1 heterocycles. The van der Waals surface area contributed by atoms with E-state index >= 15 is 0 Å². The van der Waals surface area contributed by atoms with Crippen LogP contribution in [0.5, 0.6) is 5.75 Å². The molecule has 0 aromatic carbocycles. The first-order chi connectivity index (χ1) is 6.31. The molecular formula is C9H11BrN2O. The second kappa shape index (κ2) is 3.64. The zero-order valence-electron chi connectivity index (χ0n) is 7.16. The molecule has 4 heteroatoms. The highest BCUT2D eigenvalue weighted by Crippen LogP contribution is 2.31. The fraction of sp³-hybridized carbons (Fsp3) is 0.444. The van der Waals surface area contributed by atoms with Crippen molar-refractivity contribution in [2.75, 3.05) is 0 Å². The van der Waals surface area contributed by atoms with E-state index in [2.05, 4.69) is 20.9 Å². The van der Waals surface area contributed by atoms with Crippen molar-refractivity contribution in [3.05, 3.63) is 22.4 Å². The number of nitrogens with two attached hydrogens (primary N) is 1. The first-order valence-corrected chi connectivity index (χ1v) is 5.09. The third-order valence-corrected chi connectivity index (χ3v) is 2.67. The Balaban J connectivity index is 2.25. The van der Waals surface area contributed by atoms with Crippen LogP contribution in [0.15, 0.2) is 16.9 Å². The summed E-state index contributed by atoms with van der Waals surface area (Å²) in [5.74, 6) is 0.819. The molecule has 0 unspecified atom stereocenters. The van der Waals surface area contributed by atoms with Crippen LogP contribution in [0.1, 0.15) is 18.4 Å². The molecule has 1 aliphatic rings. The fourth-order valence-corrected chi connectivity index (χ4v) is 1.58. The highest BCUT2D eigenvalue weighted by molar-refractivity contribution is 9.10. The largest absolute Gasteiger partial charge is 0.488 e. The summed E-state index contributed by atoms with van der Waals surface area (Å²) in [7, 11) is 0. The number of nitrogens with zero attached hydrogens (tertiary/aromatic N) is 1. The summed E-state index contributed by atoms with van der Waals surface area (Å²) >= 11 is 3.40. The van der Waals surface area contributed by atoms with Gasteiger partial charge in [-0.05, 0) is 28.8 Å². The summed E-state index contributed by atoms with van der Waals surface area (Å²) in [6.07, 6.45) is 6.15. The summed E-state index contributed by atoms with van der Waals surface area (Å²) in [5.41, 5.74) is 6.61. The van der Waals surface area contributed by atoms with Crippen LogP contribution >= 0.6 is 15.9 Å². The van der Waals surface area contributed by atoms with Crippen molar-refractivity contribution >= 4 is 15.9 Å². The molecule has 0 spiro atoms. The quantitative estimate of drug-likeness (QED) is 0.881. The number of aromatic nitrogens is 1. The van der Waals surface area contributed by atoms with E-state index in [0.717, 1.165) is 28.6 Å². The van der Waals surface area contributed by atoms with Crippen LogP contribution < -0.4 is 10.5 Å². The van der Waals surface area contributed by atoms with E-state index in [1.807, 2.05) is 0 Å². The molecule has 0 radical (unpaired) electrons. The second-order valence-corrected chi connectivity index (χ2v) is 3.97. The Morgan fingerprint density at radius 3 is 2.92 bits per heavy atom. The van der Waals surface area contributed by atoms with E-state index in [4.69, 9.17) is 10.5 Å². The van der Waals surface area contributed by atoms with Gasteiger partial charge in [-0.3, -0.25) is 4.98 Å². The first kappa shape index (κ1) is 8.97. The number of hydrogen-bond acceptors (Lipinski definition) is 3. The van der Waals surface area contributed by atoms with E-state index in [9.17, 15) is 0 Å². The average Bonchev–Trinajstić information content (AvgIpc) is 2.89. The summed E-state index contributed by atoms with van der Waals surface area (Å²) < 4.78 is 6.58. The minimum atomic E-state index is 0.390. The average molecular weight is 243 g/mol. The molecular weight excluding hydrogens is 232 g/mol. The second-order valence-electron chi connectivity index (χ2n) is 3.12. The monoisotopic (exact) mass is 242 g/mol. The van der Waals surface area contributed by atoms with Gasteiger partial charge >= 0.3 is 0 Å². The van der Waals surface area contributed by atoms with E-state index < -0.39 is 0 Å². The third kappa shape index (κ3) is 2.00. The molecule has 1 aromatic heterocycles. The van der Waals surface area contributed by atoms with E-state index in [1.165, 1.54) is 0 Å². The van der Waals surface area contributed by atoms with Gasteiger partial charge in [-0.25, -0.2) is 0 Å². The molecule has 0 saturated heterocycles. The summed E-state index contributed by atoms with van der Waals surface area (Å²) in [4.78, 5) is 4.05. The normalized spacial score (nSPS) is 15.8. The maximum atomic E-state index is 5.66. The van der Waals surface area contributed by atoms with Gasteiger partial charge in [0.1, 0.15) is 5.75 Å². The molecule has 0 bridgehead atoms. The Morgan fingerprint density at radius 1 is 1.54 bits per heavy atom. The molecule has 13 heavy (non-hydrogen) atoms. The first-order valence-electron chi connectivity index (χ1n) is 4.30. The van der Waals surface area contributed by atoms with Crippen LogP contribution in [0.2, 0.25) is 0 Å². The fourth-order valence-electron chi connectivity index (χ4n) is 1.11. The third-order valence-electron chi connectivity index (χ3n) is 1.99. The number of halogens is 1. The van der Waals surface area contributed by atoms with Crippen LogP contribution in [-0.2, 0) is 6.54 Å². The predicted molar refractivity (Wildman–Crippen MR) is 53.5 cm³/mol. The van der Waals surface area contributed by atoms with Gasteiger partial charge in [0, 0.05) is 22.8 Å². The lowest BCUT2D eigenvalue weighted by Gasteiger charge is -2.09. The molecule has 0 aliphatic heterocycles. The molecule has 1 saturated carbocycles. The molecule has 1 aromatic rings. The van der Waals surface area contributed by atoms with E-state index in [0.29, 0.717) is 12.6 Å². The number of ether oxygens (including phenoxy) is 1. The van der Waals surface area contributed by atoms with Crippen LogP contribution in [0.25, 0.3) is 0 Å².